The lowest BCUT2D eigenvalue weighted by atomic mass is 10.2. The first-order chi connectivity index (χ1) is 13.5. The minimum absolute atomic E-state index is 0.0376. The lowest BCUT2D eigenvalue weighted by molar-refractivity contribution is -0.117. The number of carbonyl (C=O) groups is 2. The van der Waals surface area contributed by atoms with Crippen LogP contribution in [0.1, 0.15) is 33.8 Å². The van der Waals surface area contributed by atoms with Crippen molar-refractivity contribution in [2.45, 2.75) is 25.9 Å². The van der Waals surface area contributed by atoms with Crippen LogP contribution in [0.4, 0.5) is 5.69 Å². The quantitative estimate of drug-likeness (QED) is 0.588. The normalized spacial score (nSPS) is 13.8. The van der Waals surface area contributed by atoms with Crippen molar-refractivity contribution in [3.63, 3.8) is 0 Å². The predicted octanol–water partition coefficient (Wildman–Crippen LogP) is 4.12. The molecule has 0 saturated heterocycles. The van der Waals surface area contributed by atoms with Crippen LogP contribution < -0.4 is 5.32 Å². The second-order valence-corrected chi connectivity index (χ2v) is 8.80. The summed E-state index contributed by atoms with van der Waals surface area (Å²) in [5.74, 6) is -0.437. The Labute approximate surface area is 171 Å². The third-order valence-electron chi connectivity index (χ3n) is 4.64. The molecule has 3 aromatic rings. The van der Waals surface area contributed by atoms with Gasteiger partial charge in [-0.2, -0.15) is 11.3 Å². The Balaban J connectivity index is 1.59. The Bertz CT molecular complexity index is 1010. The molecule has 1 fully saturated rings. The van der Waals surface area contributed by atoms with E-state index in [0.717, 1.165) is 35.3 Å². The molecule has 1 saturated carbocycles. The summed E-state index contributed by atoms with van der Waals surface area (Å²) >= 11 is 2.95. The van der Waals surface area contributed by atoms with E-state index in [0.29, 0.717) is 17.1 Å². The molecule has 0 spiro atoms. The van der Waals surface area contributed by atoms with Crippen molar-refractivity contribution < 1.29 is 14.3 Å². The molecule has 3 aromatic heterocycles. The van der Waals surface area contributed by atoms with Gasteiger partial charge in [-0.05, 0) is 54.4 Å². The van der Waals surface area contributed by atoms with Gasteiger partial charge in [0.15, 0.2) is 0 Å². The standard InChI is InChI=1S/C20H21N3O3S2/c1-23(9-12-7-8-27-11-12)10-14-5-6-15-16(22-18(24)13-3-4-13)17(20(25)26-2)28-19(15)21-14/h5-8,11,13H,3-4,9-10H2,1-2H3,(H,22,24). The van der Waals surface area contributed by atoms with Crippen LogP contribution in [0.2, 0.25) is 0 Å². The molecule has 1 aliphatic carbocycles. The van der Waals surface area contributed by atoms with Crippen LogP contribution >= 0.6 is 22.7 Å². The number of hydrogen-bond donors (Lipinski definition) is 1. The van der Waals surface area contributed by atoms with E-state index in [9.17, 15) is 9.59 Å². The van der Waals surface area contributed by atoms with Gasteiger partial charge in [0.2, 0.25) is 5.91 Å². The molecule has 0 unspecified atom stereocenters. The van der Waals surface area contributed by atoms with Crippen molar-refractivity contribution in [2.75, 3.05) is 19.5 Å². The molecule has 0 atom stereocenters. The fourth-order valence-electron chi connectivity index (χ4n) is 3.06. The van der Waals surface area contributed by atoms with Gasteiger partial charge in [0.1, 0.15) is 9.71 Å². The highest BCUT2D eigenvalue weighted by Gasteiger charge is 2.31. The molecule has 1 amide bonds. The molecule has 0 radical (unpaired) electrons. The summed E-state index contributed by atoms with van der Waals surface area (Å²) < 4.78 is 4.90. The average Bonchev–Trinajstić information content (AvgIpc) is 3.31. The van der Waals surface area contributed by atoms with Crippen molar-refractivity contribution in [3.8, 4) is 0 Å². The maximum absolute atomic E-state index is 12.3. The highest BCUT2D eigenvalue weighted by Crippen LogP contribution is 2.38. The number of hydrogen-bond acceptors (Lipinski definition) is 7. The number of carbonyl (C=O) groups excluding carboxylic acids is 2. The maximum atomic E-state index is 12.3. The van der Waals surface area contributed by atoms with Crippen molar-refractivity contribution >= 4 is 50.5 Å². The van der Waals surface area contributed by atoms with Crippen molar-refractivity contribution in [1.82, 2.24) is 9.88 Å². The lowest BCUT2D eigenvalue weighted by Gasteiger charge is -2.15. The largest absolute Gasteiger partial charge is 0.465 e. The molecule has 4 rings (SSSR count). The number of anilines is 1. The highest BCUT2D eigenvalue weighted by atomic mass is 32.1. The topological polar surface area (TPSA) is 71.5 Å². The van der Waals surface area contributed by atoms with Gasteiger partial charge in [-0.3, -0.25) is 9.69 Å². The Morgan fingerprint density at radius 1 is 1.29 bits per heavy atom. The zero-order valence-corrected chi connectivity index (χ0v) is 17.4. The molecule has 0 bridgehead atoms. The van der Waals surface area contributed by atoms with Crippen LogP contribution in [-0.2, 0) is 22.6 Å². The van der Waals surface area contributed by atoms with Crippen LogP contribution in [-0.4, -0.2) is 35.9 Å². The molecule has 0 aliphatic heterocycles. The third-order valence-corrected chi connectivity index (χ3v) is 6.46. The molecule has 146 valence electrons. The first kappa shape index (κ1) is 19.0. The number of rotatable bonds is 7. The monoisotopic (exact) mass is 415 g/mol. The summed E-state index contributed by atoms with van der Waals surface area (Å²) in [6.45, 7) is 1.55. The first-order valence-corrected chi connectivity index (χ1v) is 10.8. The minimum Gasteiger partial charge on any atom is -0.465 e. The van der Waals surface area contributed by atoms with E-state index in [-0.39, 0.29) is 11.8 Å². The smallest absolute Gasteiger partial charge is 0.350 e. The van der Waals surface area contributed by atoms with E-state index in [2.05, 4.69) is 34.1 Å². The average molecular weight is 416 g/mol. The number of pyridine rings is 1. The summed E-state index contributed by atoms with van der Waals surface area (Å²) in [4.78, 5) is 32.5. The van der Waals surface area contributed by atoms with Gasteiger partial charge in [-0.25, -0.2) is 9.78 Å². The Hall–Kier alpha value is -2.29. The molecule has 8 heteroatoms. The summed E-state index contributed by atoms with van der Waals surface area (Å²) in [7, 11) is 3.40. The zero-order valence-electron chi connectivity index (χ0n) is 15.7. The fraction of sp³-hybridized carbons (Fsp3) is 0.350. The molecule has 6 nitrogen and oxygen atoms in total. The molecular weight excluding hydrogens is 394 g/mol. The second kappa shape index (κ2) is 7.98. The summed E-state index contributed by atoms with van der Waals surface area (Å²) in [6.07, 6.45) is 1.81. The number of nitrogens with zero attached hydrogens (tertiary/aromatic N) is 2. The van der Waals surface area contributed by atoms with Crippen LogP contribution in [0.3, 0.4) is 0 Å². The lowest BCUT2D eigenvalue weighted by Crippen LogP contribution is -2.17. The van der Waals surface area contributed by atoms with Crippen LogP contribution in [0.5, 0.6) is 0 Å². The van der Waals surface area contributed by atoms with Gasteiger partial charge in [-0.1, -0.05) is 0 Å². The van der Waals surface area contributed by atoms with Crippen molar-refractivity contribution in [1.29, 1.82) is 0 Å². The Morgan fingerprint density at radius 3 is 2.79 bits per heavy atom. The van der Waals surface area contributed by atoms with E-state index in [4.69, 9.17) is 9.72 Å². The van der Waals surface area contributed by atoms with Gasteiger partial charge >= 0.3 is 5.97 Å². The van der Waals surface area contributed by atoms with Gasteiger partial charge < -0.3 is 10.1 Å². The first-order valence-electron chi connectivity index (χ1n) is 9.06. The van der Waals surface area contributed by atoms with Gasteiger partial charge in [0.05, 0.1) is 18.5 Å². The summed E-state index contributed by atoms with van der Waals surface area (Å²) in [5, 5.41) is 7.92. The molecule has 3 heterocycles. The number of fused-ring (bicyclic) bond motifs is 1. The number of aromatic nitrogens is 1. The van der Waals surface area contributed by atoms with Crippen LogP contribution in [0.15, 0.2) is 29.0 Å². The van der Waals surface area contributed by atoms with E-state index in [1.165, 1.54) is 24.0 Å². The van der Waals surface area contributed by atoms with Gasteiger partial charge in [0.25, 0.3) is 0 Å². The van der Waals surface area contributed by atoms with Crippen LogP contribution in [0, 0.1) is 5.92 Å². The number of methoxy groups -OCH3 is 1. The van der Waals surface area contributed by atoms with Crippen molar-refractivity contribution in [3.05, 3.63) is 45.1 Å². The molecule has 1 aliphatic rings. The zero-order chi connectivity index (χ0) is 19.7. The minimum atomic E-state index is -0.453. The number of thiophene rings is 2. The summed E-state index contributed by atoms with van der Waals surface area (Å²) in [6, 6.07) is 6.00. The van der Waals surface area contributed by atoms with Crippen molar-refractivity contribution in [2.24, 2.45) is 5.92 Å². The number of nitrogens with one attached hydrogen (secondary N) is 1. The van der Waals surface area contributed by atoms with E-state index in [1.807, 2.05) is 12.1 Å². The Morgan fingerprint density at radius 2 is 2.11 bits per heavy atom. The van der Waals surface area contributed by atoms with Gasteiger partial charge in [0, 0.05) is 24.4 Å². The third kappa shape index (κ3) is 4.09. The second-order valence-electron chi connectivity index (χ2n) is 7.02. The summed E-state index contributed by atoms with van der Waals surface area (Å²) in [5.41, 5.74) is 2.72. The molecule has 1 N–H and O–H groups in total. The molecule has 28 heavy (non-hydrogen) atoms. The van der Waals surface area contributed by atoms with E-state index in [1.54, 1.807) is 11.3 Å². The van der Waals surface area contributed by atoms with E-state index < -0.39 is 5.97 Å². The van der Waals surface area contributed by atoms with Crippen LogP contribution in [0.25, 0.3) is 10.2 Å². The number of esters is 1. The molecular formula is C20H21N3O3S2. The number of amides is 1. The fourth-order valence-corrected chi connectivity index (χ4v) is 4.79. The Kier molecular flexibility index (Phi) is 5.43. The predicted molar refractivity (Wildman–Crippen MR) is 112 cm³/mol. The van der Waals surface area contributed by atoms with E-state index >= 15 is 0 Å². The number of ether oxygens (including phenoxy) is 1. The highest BCUT2D eigenvalue weighted by molar-refractivity contribution is 7.21. The molecule has 0 aromatic carbocycles. The maximum Gasteiger partial charge on any atom is 0.350 e. The SMILES string of the molecule is COC(=O)c1sc2nc(CN(C)Cc3ccsc3)ccc2c1NC(=O)C1CC1. The van der Waals surface area contributed by atoms with Gasteiger partial charge in [-0.15, -0.1) is 11.3 Å².